The van der Waals surface area contributed by atoms with Crippen molar-refractivity contribution in [1.29, 1.82) is 0 Å². The van der Waals surface area contributed by atoms with Gasteiger partial charge in [0.1, 0.15) is 5.82 Å². The number of hydrogen-bond acceptors (Lipinski definition) is 2. The third-order valence-corrected chi connectivity index (χ3v) is 2.57. The molecule has 0 fully saturated rings. The molecule has 16 heavy (non-hydrogen) atoms. The van der Waals surface area contributed by atoms with E-state index in [1.54, 1.807) is 6.07 Å². The maximum absolute atomic E-state index is 13.1. The van der Waals surface area contributed by atoms with E-state index < -0.39 is 0 Å². The monoisotopic (exact) mass is 225 g/mol. The van der Waals surface area contributed by atoms with Gasteiger partial charge in [-0.2, -0.15) is 0 Å². The summed E-state index contributed by atoms with van der Waals surface area (Å²) in [5.41, 5.74) is 1.83. The van der Waals surface area contributed by atoms with Crippen LogP contribution in [0.1, 0.15) is 31.0 Å². The predicted molar refractivity (Wildman–Crippen MR) is 63.8 cm³/mol. The molecule has 1 unspecified atom stereocenters. The normalized spacial score (nSPS) is 13.1. The molecule has 1 atom stereocenters. The highest BCUT2D eigenvalue weighted by Crippen LogP contribution is 2.18. The van der Waals surface area contributed by atoms with Crippen molar-refractivity contribution in [2.75, 3.05) is 13.2 Å². The van der Waals surface area contributed by atoms with Gasteiger partial charge in [-0.15, -0.1) is 0 Å². The van der Waals surface area contributed by atoms with E-state index in [0.717, 1.165) is 17.7 Å². The number of hydrogen-bond donors (Lipinski definition) is 2. The van der Waals surface area contributed by atoms with Crippen molar-refractivity contribution in [3.05, 3.63) is 35.1 Å². The Morgan fingerprint density at radius 2 is 2.06 bits per heavy atom. The number of aryl methyl sites for hydroxylation is 1. The smallest absolute Gasteiger partial charge is 0.123 e. The van der Waals surface area contributed by atoms with E-state index in [1.807, 2.05) is 6.92 Å². The quantitative estimate of drug-likeness (QED) is 0.806. The second-order valence-electron chi connectivity index (χ2n) is 4.54. The molecule has 3 heteroatoms. The van der Waals surface area contributed by atoms with Crippen molar-refractivity contribution >= 4 is 0 Å². The molecule has 0 spiro atoms. The molecule has 1 aromatic rings. The molecule has 1 rings (SSSR count). The van der Waals surface area contributed by atoms with Crippen LogP contribution in [0.15, 0.2) is 18.2 Å². The first-order chi connectivity index (χ1) is 7.54. The van der Waals surface area contributed by atoms with Gasteiger partial charge in [-0.25, -0.2) is 4.39 Å². The zero-order valence-corrected chi connectivity index (χ0v) is 10.1. The first-order valence-corrected chi connectivity index (χ1v) is 5.65. The number of benzene rings is 1. The van der Waals surface area contributed by atoms with Gasteiger partial charge in [-0.1, -0.05) is 19.9 Å². The minimum atomic E-state index is -0.259. The summed E-state index contributed by atoms with van der Waals surface area (Å²) < 4.78 is 13.1. The van der Waals surface area contributed by atoms with Crippen molar-refractivity contribution in [3.63, 3.8) is 0 Å². The molecule has 0 bridgehead atoms. The lowest BCUT2D eigenvalue weighted by Crippen LogP contribution is -2.28. The topological polar surface area (TPSA) is 32.3 Å². The summed E-state index contributed by atoms with van der Waals surface area (Å²) in [4.78, 5) is 0. The van der Waals surface area contributed by atoms with E-state index in [-0.39, 0.29) is 18.5 Å². The molecule has 0 saturated carbocycles. The average Bonchev–Trinajstić information content (AvgIpc) is 2.23. The van der Waals surface area contributed by atoms with E-state index in [0.29, 0.717) is 5.92 Å². The summed E-state index contributed by atoms with van der Waals surface area (Å²) in [6, 6.07) is 4.49. The van der Waals surface area contributed by atoms with Crippen LogP contribution in [0.3, 0.4) is 0 Å². The highest BCUT2D eigenvalue weighted by molar-refractivity contribution is 5.29. The maximum atomic E-state index is 13.1. The van der Waals surface area contributed by atoms with Crippen molar-refractivity contribution < 1.29 is 9.50 Å². The molecule has 1 aromatic carbocycles. The van der Waals surface area contributed by atoms with E-state index in [9.17, 15) is 9.50 Å². The van der Waals surface area contributed by atoms with E-state index in [4.69, 9.17) is 0 Å². The molecular weight excluding hydrogens is 205 g/mol. The zero-order chi connectivity index (χ0) is 12.1. The molecule has 0 aliphatic heterocycles. The Labute approximate surface area is 96.5 Å². The van der Waals surface area contributed by atoms with Crippen molar-refractivity contribution in [2.24, 2.45) is 5.92 Å². The number of rotatable bonds is 5. The van der Waals surface area contributed by atoms with Gasteiger partial charge < -0.3 is 10.4 Å². The number of aliphatic hydroxyl groups excluding tert-OH is 1. The Morgan fingerprint density at radius 1 is 1.38 bits per heavy atom. The summed E-state index contributed by atoms with van der Waals surface area (Å²) in [5.74, 6) is 0.244. The second kappa shape index (κ2) is 5.97. The molecule has 90 valence electrons. The lowest BCUT2D eigenvalue weighted by molar-refractivity contribution is 0.240. The van der Waals surface area contributed by atoms with Gasteiger partial charge in [0.25, 0.3) is 0 Å². The number of nitrogens with one attached hydrogen (secondary N) is 1. The van der Waals surface area contributed by atoms with Crippen LogP contribution >= 0.6 is 0 Å². The summed E-state index contributed by atoms with van der Waals surface area (Å²) in [5, 5.41) is 12.6. The van der Waals surface area contributed by atoms with Crippen LogP contribution in [0.5, 0.6) is 0 Å². The van der Waals surface area contributed by atoms with Crippen LogP contribution in [0.4, 0.5) is 4.39 Å². The predicted octanol–water partition coefficient (Wildman–Crippen LogP) is 2.41. The summed E-state index contributed by atoms with van der Waals surface area (Å²) in [6.07, 6.45) is 0. The summed E-state index contributed by atoms with van der Waals surface area (Å²) in [7, 11) is 0. The first-order valence-electron chi connectivity index (χ1n) is 5.65. The fourth-order valence-corrected chi connectivity index (χ4v) is 1.64. The molecule has 0 aromatic heterocycles. The van der Waals surface area contributed by atoms with Gasteiger partial charge in [0.2, 0.25) is 0 Å². The van der Waals surface area contributed by atoms with Gasteiger partial charge in [0.05, 0.1) is 12.6 Å². The fraction of sp³-hybridized carbons (Fsp3) is 0.538. The molecule has 0 heterocycles. The highest BCUT2D eigenvalue weighted by Gasteiger charge is 2.13. The summed E-state index contributed by atoms with van der Waals surface area (Å²) >= 11 is 0. The van der Waals surface area contributed by atoms with Crippen LogP contribution < -0.4 is 5.32 Å². The number of halogens is 1. The van der Waals surface area contributed by atoms with Gasteiger partial charge in [-0.3, -0.25) is 0 Å². The molecule has 0 radical (unpaired) electrons. The van der Waals surface area contributed by atoms with Crippen LogP contribution in [0.25, 0.3) is 0 Å². The van der Waals surface area contributed by atoms with Crippen molar-refractivity contribution in [3.8, 4) is 0 Å². The first kappa shape index (κ1) is 13.1. The minimum Gasteiger partial charge on any atom is -0.394 e. The molecule has 2 nitrogen and oxygen atoms in total. The molecule has 2 N–H and O–H groups in total. The standard InChI is InChI=1S/C13H20FNO/c1-9(2)7-15-13(8-16)12-6-11(14)5-4-10(12)3/h4-6,9,13,15-16H,7-8H2,1-3H3. The zero-order valence-electron chi connectivity index (χ0n) is 10.1. The lowest BCUT2D eigenvalue weighted by atomic mass is 10.0. The minimum absolute atomic E-state index is 0.0169. The molecular formula is C13H20FNO. The van der Waals surface area contributed by atoms with Crippen molar-refractivity contribution in [1.82, 2.24) is 5.32 Å². The van der Waals surface area contributed by atoms with E-state index in [1.165, 1.54) is 12.1 Å². The van der Waals surface area contributed by atoms with Gasteiger partial charge in [-0.05, 0) is 42.6 Å². The highest BCUT2D eigenvalue weighted by atomic mass is 19.1. The number of aliphatic hydroxyl groups is 1. The van der Waals surface area contributed by atoms with Gasteiger partial charge in [0, 0.05) is 0 Å². The van der Waals surface area contributed by atoms with Crippen LogP contribution in [0, 0.1) is 18.7 Å². The molecule has 0 saturated heterocycles. The van der Waals surface area contributed by atoms with Crippen LogP contribution in [0.2, 0.25) is 0 Å². The molecule has 0 amide bonds. The van der Waals surface area contributed by atoms with Crippen LogP contribution in [-0.4, -0.2) is 18.3 Å². The molecule has 0 aliphatic rings. The largest absolute Gasteiger partial charge is 0.394 e. The van der Waals surface area contributed by atoms with Crippen LogP contribution in [-0.2, 0) is 0 Å². The second-order valence-corrected chi connectivity index (χ2v) is 4.54. The third-order valence-electron chi connectivity index (χ3n) is 2.57. The van der Waals surface area contributed by atoms with Crippen molar-refractivity contribution in [2.45, 2.75) is 26.8 Å². The van der Waals surface area contributed by atoms with Gasteiger partial charge in [0.15, 0.2) is 0 Å². The Bertz CT molecular complexity index is 339. The molecule has 0 aliphatic carbocycles. The average molecular weight is 225 g/mol. The lowest BCUT2D eigenvalue weighted by Gasteiger charge is -2.20. The van der Waals surface area contributed by atoms with E-state index >= 15 is 0 Å². The Hall–Kier alpha value is -0.930. The Balaban J connectivity index is 2.81. The maximum Gasteiger partial charge on any atom is 0.123 e. The Kier molecular flexibility index (Phi) is 4.90. The SMILES string of the molecule is Cc1ccc(F)cc1C(CO)NCC(C)C. The third kappa shape index (κ3) is 3.58. The van der Waals surface area contributed by atoms with Gasteiger partial charge >= 0.3 is 0 Å². The summed E-state index contributed by atoms with van der Waals surface area (Å²) in [6.45, 7) is 6.91. The van der Waals surface area contributed by atoms with E-state index in [2.05, 4.69) is 19.2 Å². The fourth-order valence-electron chi connectivity index (χ4n) is 1.64. The Morgan fingerprint density at radius 3 is 2.62 bits per heavy atom.